The molecule has 0 spiro atoms. The summed E-state index contributed by atoms with van der Waals surface area (Å²) >= 11 is 0. The highest BCUT2D eigenvalue weighted by atomic mass is 16.5. The highest BCUT2D eigenvalue weighted by Crippen LogP contribution is 2.29. The van der Waals surface area contributed by atoms with E-state index in [1.807, 2.05) is 54.7 Å². The summed E-state index contributed by atoms with van der Waals surface area (Å²) in [6, 6.07) is 18.1. The van der Waals surface area contributed by atoms with Gasteiger partial charge >= 0.3 is 0 Å². The average molecular weight is 513 g/mol. The van der Waals surface area contributed by atoms with Crippen LogP contribution < -0.4 is 4.74 Å². The Kier molecular flexibility index (Phi) is 5.90. The zero-order valence-corrected chi connectivity index (χ0v) is 21.0. The maximum atomic E-state index is 6.01. The molecule has 0 saturated heterocycles. The number of nitrogens with one attached hydrogen (secondary N) is 1. The lowest BCUT2D eigenvalue weighted by molar-refractivity contribution is 0.305. The fourth-order valence-corrected chi connectivity index (χ4v) is 4.83. The van der Waals surface area contributed by atoms with E-state index in [2.05, 4.69) is 21.0 Å². The van der Waals surface area contributed by atoms with Crippen LogP contribution in [0.4, 0.5) is 0 Å². The van der Waals surface area contributed by atoms with Crippen LogP contribution in [0.15, 0.2) is 101 Å². The molecule has 5 aromatic heterocycles. The lowest BCUT2D eigenvalue weighted by atomic mass is 10.0. The zero-order chi connectivity index (χ0) is 26.0. The number of fused-ring (bicyclic) bond motifs is 2. The van der Waals surface area contributed by atoms with Gasteiger partial charge in [-0.05, 0) is 42.2 Å². The Morgan fingerprint density at radius 3 is 2.72 bits per heavy atom. The Morgan fingerprint density at radius 2 is 1.82 bits per heavy atom. The van der Waals surface area contributed by atoms with Gasteiger partial charge in [-0.3, -0.25) is 15.0 Å². The number of nitrogens with zero attached hydrogens (tertiary/aromatic N) is 5. The second-order valence-electron chi connectivity index (χ2n) is 9.40. The lowest BCUT2D eigenvalue weighted by Gasteiger charge is -2.11. The standard InChI is InChI=1S/C31H24N6O2/c1-2-5-20(6-3-1)18-39-24-13-23(14-32-15-24)26-9-8-21-7-4-11-34-30(28(21)35-26)31-36-27-17-33-16-25(29(27)37-31)22-10-12-38-19-22/h1-3,5-6,8-10,12-17,19H,4,7,11,18H2,(H,36,37). The molecule has 1 aliphatic heterocycles. The van der Waals surface area contributed by atoms with Crippen LogP contribution in [0.3, 0.4) is 0 Å². The van der Waals surface area contributed by atoms with Crippen molar-refractivity contribution in [3.8, 4) is 28.1 Å². The van der Waals surface area contributed by atoms with Crippen molar-refractivity contribution in [2.24, 2.45) is 4.99 Å². The molecule has 39 heavy (non-hydrogen) atoms. The topological polar surface area (TPSA) is 102 Å². The van der Waals surface area contributed by atoms with E-state index in [0.717, 1.165) is 68.8 Å². The predicted molar refractivity (Wildman–Crippen MR) is 149 cm³/mol. The molecular formula is C31H24N6O2. The van der Waals surface area contributed by atoms with Crippen LogP contribution in [0.5, 0.6) is 5.75 Å². The van der Waals surface area contributed by atoms with Crippen LogP contribution in [0.25, 0.3) is 33.4 Å². The van der Waals surface area contributed by atoms with Gasteiger partial charge in [0.05, 0.1) is 41.8 Å². The molecule has 0 unspecified atom stereocenters. The number of H-pyrrole nitrogens is 1. The molecule has 0 fully saturated rings. The number of aryl methyl sites for hydroxylation is 1. The fraction of sp³-hybridized carbons (Fsp3) is 0.129. The third-order valence-electron chi connectivity index (χ3n) is 6.79. The van der Waals surface area contributed by atoms with Gasteiger partial charge in [-0.2, -0.15) is 0 Å². The van der Waals surface area contributed by atoms with E-state index in [1.165, 1.54) is 0 Å². The fourth-order valence-electron chi connectivity index (χ4n) is 4.83. The molecule has 190 valence electrons. The van der Waals surface area contributed by atoms with E-state index in [0.29, 0.717) is 24.7 Å². The van der Waals surface area contributed by atoms with Crippen LogP contribution in [0.2, 0.25) is 0 Å². The minimum Gasteiger partial charge on any atom is -0.487 e. The summed E-state index contributed by atoms with van der Waals surface area (Å²) in [6.45, 7) is 1.18. The number of aromatic nitrogens is 5. The Bertz CT molecular complexity index is 1790. The van der Waals surface area contributed by atoms with E-state index in [1.54, 1.807) is 31.1 Å². The Morgan fingerprint density at radius 1 is 0.897 bits per heavy atom. The molecule has 8 nitrogen and oxygen atoms in total. The quantitative estimate of drug-likeness (QED) is 0.292. The van der Waals surface area contributed by atoms with Gasteiger partial charge in [0.25, 0.3) is 0 Å². The minimum absolute atomic E-state index is 0.474. The van der Waals surface area contributed by atoms with Crippen LogP contribution in [0, 0.1) is 0 Å². The van der Waals surface area contributed by atoms with E-state index < -0.39 is 0 Å². The van der Waals surface area contributed by atoms with Crippen molar-refractivity contribution in [3.63, 3.8) is 0 Å². The minimum atomic E-state index is 0.474. The van der Waals surface area contributed by atoms with Crippen LogP contribution >= 0.6 is 0 Å². The summed E-state index contributed by atoms with van der Waals surface area (Å²) < 4.78 is 11.3. The number of aliphatic imine (C=N–C) groups is 1. The molecule has 6 aromatic rings. The summed E-state index contributed by atoms with van der Waals surface area (Å²) in [4.78, 5) is 27.2. The van der Waals surface area contributed by atoms with Gasteiger partial charge in [0, 0.05) is 35.6 Å². The van der Waals surface area contributed by atoms with Crippen molar-refractivity contribution in [1.82, 2.24) is 24.9 Å². The average Bonchev–Trinajstić information content (AvgIpc) is 3.63. The third-order valence-corrected chi connectivity index (χ3v) is 6.79. The van der Waals surface area contributed by atoms with Crippen molar-refractivity contribution in [1.29, 1.82) is 0 Å². The Balaban J connectivity index is 1.24. The molecule has 7 rings (SSSR count). The maximum Gasteiger partial charge on any atom is 0.159 e. The summed E-state index contributed by atoms with van der Waals surface area (Å²) in [5.41, 5.74) is 8.99. The van der Waals surface area contributed by atoms with Crippen molar-refractivity contribution in [2.45, 2.75) is 19.4 Å². The Labute approximate surface area is 224 Å². The summed E-state index contributed by atoms with van der Waals surface area (Å²) in [5, 5.41) is 0. The molecular weight excluding hydrogens is 488 g/mol. The van der Waals surface area contributed by atoms with Gasteiger partial charge in [0.2, 0.25) is 0 Å². The smallest absolute Gasteiger partial charge is 0.159 e. The molecule has 0 saturated carbocycles. The molecule has 0 aliphatic carbocycles. The van der Waals surface area contributed by atoms with Gasteiger partial charge < -0.3 is 14.1 Å². The highest BCUT2D eigenvalue weighted by molar-refractivity contribution is 6.12. The van der Waals surface area contributed by atoms with Gasteiger partial charge in [-0.15, -0.1) is 0 Å². The van der Waals surface area contributed by atoms with E-state index in [-0.39, 0.29) is 0 Å². The van der Waals surface area contributed by atoms with E-state index >= 15 is 0 Å². The Hall–Kier alpha value is -5.11. The number of rotatable bonds is 6. The van der Waals surface area contributed by atoms with Crippen LogP contribution in [-0.4, -0.2) is 37.2 Å². The number of ether oxygens (including phenoxy) is 1. The number of benzene rings is 1. The molecule has 6 heterocycles. The first-order valence-corrected chi connectivity index (χ1v) is 12.9. The first-order valence-electron chi connectivity index (χ1n) is 12.9. The molecule has 0 amide bonds. The van der Waals surface area contributed by atoms with E-state index in [9.17, 15) is 0 Å². The van der Waals surface area contributed by atoms with Gasteiger partial charge in [-0.25, -0.2) is 9.97 Å². The number of furan rings is 1. The number of hydrogen-bond donors (Lipinski definition) is 1. The monoisotopic (exact) mass is 512 g/mol. The number of imidazole rings is 1. The molecule has 0 atom stereocenters. The summed E-state index contributed by atoms with van der Waals surface area (Å²) in [7, 11) is 0. The predicted octanol–water partition coefficient (Wildman–Crippen LogP) is 6.04. The van der Waals surface area contributed by atoms with Gasteiger partial charge in [0.15, 0.2) is 5.82 Å². The second kappa shape index (κ2) is 9.98. The van der Waals surface area contributed by atoms with Crippen molar-refractivity contribution in [3.05, 3.63) is 115 Å². The lowest BCUT2D eigenvalue weighted by Crippen LogP contribution is -2.11. The number of aromatic amines is 1. The van der Waals surface area contributed by atoms with Crippen LogP contribution in [0.1, 0.15) is 29.1 Å². The maximum absolute atomic E-state index is 6.01. The third kappa shape index (κ3) is 4.57. The molecule has 1 aliphatic rings. The van der Waals surface area contributed by atoms with Crippen molar-refractivity contribution < 1.29 is 9.15 Å². The molecule has 0 bridgehead atoms. The first kappa shape index (κ1) is 23.0. The molecule has 8 heteroatoms. The molecule has 0 radical (unpaired) electrons. The number of hydrogen-bond acceptors (Lipinski definition) is 7. The van der Waals surface area contributed by atoms with Crippen molar-refractivity contribution in [2.75, 3.05) is 6.54 Å². The van der Waals surface area contributed by atoms with Gasteiger partial charge in [-0.1, -0.05) is 36.4 Å². The normalized spacial score (nSPS) is 13.1. The highest BCUT2D eigenvalue weighted by Gasteiger charge is 2.22. The second-order valence-corrected chi connectivity index (χ2v) is 9.40. The van der Waals surface area contributed by atoms with Gasteiger partial charge in [0.1, 0.15) is 23.6 Å². The number of pyridine rings is 3. The molecule has 1 N–H and O–H groups in total. The largest absolute Gasteiger partial charge is 0.487 e. The summed E-state index contributed by atoms with van der Waals surface area (Å²) in [6.07, 6.45) is 12.3. The molecule has 1 aromatic carbocycles. The van der Waals surface area contributed by atoms with Crippen molar-refractivity contribution >= 4 is 16.7 Å². The summed E-state index contributed by atoms with van der Waals surface area (Å²) in [5.74, 6) is 1.37. The zero-order valence-electron chi connectivity index (χ0n) is 21.0. The van der Waals surface area contributed by atoms with Crippen LogP contribution in [-0.2, 0) is 13.0 Å². The van der Waals surface area contributed by atoms with E-state index in [4.69, 9.17) is 24.1 Å². The SMILES string of the molecule is c1ccc(COc2cncc(-c3ccc4c(n3)C(c3nc5c(-c6ccoc6)cncc5[nH]3)=NCCC4)c2)cc1. The first-order chi connectivity index (χ1) is 19.3.